The van der Waals surface area contributed by atoms with Crippen molar-refractivity contribution < 1.29 is 14.7 Å². The first kappa shape index (κ1) is 17.4. The topological polar surface area (TPSA) is 105 Å². The lowest BCUT2D eigenvalue weighted by Gasteiger charge is -2.38. The molecule has 3 N–H and O–H groups in total. The summed E-state index contributed by atoms with van der Waals surface area (Å²) in [4.78, 5) is 32.6. The summed E-state index contributed by atoms with van der Waals surface area (Å²) in [6, 6.07) is 4.66. The van der Waals surface area contributed by atoms with Crippen LogP contribution in [0.2, 0.25) is 0 Å². The fraction of sp³-hybridized carbons (Fsp3) is 0.471. The Bertz CT molecular complexity index is 816. The van der Waals surface area contributed by atoms with Crippen LogP contribution in [0.15, 0.2) is 18.2 Å². The minimum atomic E-state index is -0.629. The van der Waals surface area contributed by atoms with Crippen molar-refractivity contribution in [1.82, 2.24) is 19.4 Å². The third-order valence-corrected chi connectivity index (χ3v) is 4.68. The van der Waals surface area contributed by atoms with Gasteiger partial charge in [-0.15, -0.1) is 0 Å². The Balaban J connectivity index is 1.92. The Morgan fingerprint density at radius 3 is 2.80 bits per heavy atom. The average Bonchev–Trinajstić information content (AvgIpc) is 2.89. The number of aromatic nitrogens is 2. The van der Waals surface area contributed by atoms with Gasteiger partial charge in [0.05, 0.1) is 17.6 Å². The second-order valence-electron chi connectivity index (χ2n) is 6.42. The molecule has 2 amide bonds. The first-order valence-corrected chi connectivity index (χ1v) is 8.29. The number of primary amides is 1. The highest BCUT2D eigenvalue weighted by molar-refractivity contribution is 6.00. The number of amides is 2. The van der Waals surface area contributed by atoms with Gasteiger partial charge in [0.2, 0.25) is 5.91 Å². The van der Waals surface area contributed by atoms with Crippen molar-refractivity contribution in [2.45, 2.75) is 19.5 Å². The number of carbonyl (C=O) groups is 2. The van der Waals surface area contributed by atoms with E-state index in [1.165, 1.54) is 0 Å². The zero-order valence-electron chi connectivity index (χ0n) is 14.5. The number of carbonyl (C=O) groups excluding carboxylic acids is 2. The lowest BCUT2D eigenvalue weighted by Crippen LogP contribution is -2.59. The van der Waals surface area contributed by atoms with Gasteiger partial charge < -0.3 is 25.2 Å². The van der Waals surface area contributed by atoms with Crippen LogP contribution in [-0.4, -0.2) is 75.6 Å². The predicted molar refractivity (Wildman–Crippen MR) is 93.1 cm³/mol. The Hall–Kier alpha value is -2.45. The van der Waals surface area contributed by atoms with E-state index in [1.54, 1.807) is 17.0 Å². The number of aliphatic hydroxyl groups is 1. The normalized spacial score (nSPS) is 18.7. The molecule has 8 nitrogen and oxygen atoms in total. The third-order valence-electron chi connectivity index (χ3n) is 4.68. The summed E-state index contributed by atoms with van der Waals surface area (Å²) < 4.78 is 1.91. The van der Waals surface area contributed by atoms with Crippen molar-refractivity contribution in [2.24, 2.45) is 5.73 Å². The molecule has 1 atom stereocenters. The highest BCUT2D eigenvalue weighted by Gasteiger charge is 2.33. The van der Waals surface area contributed by atoms with E-state index in [-0.39, 0.29) is 12.5 Å². The molecule has 2 aromatic rings. The number of aliphatic hydroxyl groups excluding tert-OH is 1. The second-order valence-corrected chi connectivity index (χ2v) is 6.42. The van der Waals surface area contributed by atoms with Gasteiger partial charge in [0, 0.05) is 31.7 Å². The minimum absolute atomic E-state index is 0.0224. The molecular weight excluding hydrogens is 322 g/mol. The minimum Gasteiger partial charge on any atom is -0.395 e. The monoisotopic (exact) mass is 345 g/mol. The molecule has 0 saturated carbocycles. The quantitative estimate of drug-likeness (QED) is 0.783. The highest BCUT2D eigenvalue weighted by Crippen LogP contribution is 2.20. The fourth-order valence-electron chi connectivity index (χ4n) is 3.34. The van der Waals surface area contributed by atoms with Crippen LogP contribution in [0.3, 0.4) is 0 Å². The third kappa shape index (κ3) is 3.22. The number of piperazine rings is 1. The van der Waals surface area contributed by atoms with E-state index in [9.17, 15) is 14.7 Å². The number of imidazole rings is 1. The number of nitrogens with zero attached hydrogens (tertiary/aromatic N) is 4. The second kappa shape index (κ2) is 6.81. The Morgan fingerprint density at radius 1 is 1.36 bits per heavy atom. The fourth-order valence-corrected chi connectivity index (χ4v) is 3.34. The number of hydrogen-bond acceptors (Lipinski definition) is 5. The SMILES string of the molecule is Cc1nc2cc(C(=O)N3CCN(C)CC3C(N)=O)ccc2n1CCO. The largest absolute Gasteiger partial charge is 0.395 e. The summed E-state index contributed by atoms with van der Waals surface area (Å²) in [6.07, 6.45) is 0. The maximum absolute atomic E-state index is 12.9. The first-order valence-electron chi connectivity index (χ1n) is 8.29. The van der Waals surface area contributed by atoms with Crippen molar-refractivity contribution in [3.8, 4) is 0 Å². The maximum Gasteiger partial charge on any atom is 0.254 e. The van der Waals surface area contributed by atoms with Gasteiger partial charge >= 0.3 is 0 Å². The number of fused-ring (bicyclic) bond motifs is 1. The van der Waals surface area contributed by atoms with Gasteiger partial charge in [-0.3, -0.25) is 9.59 Å². The summed E-state index contributed by atoms with van der Waals surface area (Å²) in [5.41, 5.74) is 7.53. The number of hydrogen-bond donors (Lipinski definition) is 2. The van der Waals surface area contributed by atoms with Gasteiger partial charge in [-0.05, 0) is 32.2 Å². The van der Waals surface area contributed by atoms with E-state index in [1.807, 2.05) is 29.5 Å². The van der Waals surface area contributed by atoms with E-state index in [0.29, 0.717) is 37.3 Å². The van der Waals surface area contributed by atoms with Crippen LogP contribution < -0.4 is 5.73 Å². The molecule has 1 aliphatic rings. The molecule has 8 heteroatoms. The van der Waals surface area contributed by atoms with Crippen LogP contribution in [0.25, 0.3) is 11.0 Å². The summed E-state index contributed by atoms with van der Waals surface area (Å²) in [7, 11) is 1.90. The van der Waals surface area contributed by atoms with Crippen molar-refractivity contribution >= 4 is 22.8 Å². The van der Waals surface area contributed by atoms with E-state index in [2.05, 4.69) is 4.98 Å². The van der Waals surface area contributed by atoms with Crippen LogP contribution in [0.4, 0.5) is 0 Å². The average molecular weight is 345 g/mol. The molecule has 0 radical (unpaired) electrons. The predicted octanol–water partition coefficient (Wildman–Crippen LogP) is -0.421. The molecule has 25 heavy (non-hydrogen) atoms. The molecule has 0 spiro atoms. The molecule has 1 saturated heterocycles. The molecular formula is C17H23N5O3. The molecule has 0 bridgehead atoms. The highest BCUT2D eigenvalue weighted by atomic mass is 16.3. The maximum atomic E-state index is 12.9. The molecule has 1 aromatic carbocycles. The van der Waals surface area contributed by atoms with E-state index in [4.69, 9.17) is 5.73 Å². The van der Waals surface area contributed by atoms with Crippen molar-refractivity contribution in [1.29, 1.82) is 0 Å². The lowest BCUT2D eigenvalue weighted by molar-refractivity contribution is -0.124. The Labute approximate surface area is 145 Å². The number of benzene rings is 1. The van der Waals surface area contributed by atoms with Crippen LogP contribution >= 0.6 is 0 Å². The van der Waals surface area contributed by atoms with E-state index < -0.39 is 11.9 Å². The van der Waals surface area contributed by atoms with Gasteiger partial charge in [-0.25, -0.2) is 4.98 Å². The van der Waals surface area contributed by atoms with E-state index >= 15 is 0 Å². The molecule has 1 fully saturated rings. The number of likely N-dealkylation sites (N-methyl/N-ethyl adjacent to an activating group) is 1. The zero-order valence-corrected chi connectivity index (χ0v) is 14.5. The van der Waals surface area contributed by atoms with Crippen LogP contribution in [0.5, 0.6) is 0 Å². The molecule has 3 rings (SSSR count). The Morgan fingerprint density at radius 2 is 2.12 bits per heavy atom. The summed E-state index contributed by atoms with van der Waals surface area (Å²) in [5, 5.41) is 9.18. The van der Waals surface area contributed by atoms with Crippen molar-refractivity contribution in [3.63, 3.8) is 0 Å². The van der Waals surface area contributed by atoms with Crippen LogP contribution in [-0.2, 0) is 11.3 Å². The molecule has 1 aliphatic heterocycles. The van der Waals surface area contributed by atoms with Crippen molar-refractivity contribution in [3.05, 3.63) is 29.6 Å². The van der Waals surface area contributed by atoms with E-state index in [0.717, 1.165) is 11.3 Å². The van der Waals surface area contributed by atoms with Gasteiger partial charge in [-0.2, -0.15) is 0 Å². The molecule has 0 aliphatic carbocycles. The van der Waals surface area contributed by atoms with Crippen LogP contribution in [0, 0.1) is 6.92 Å². The van der Waals surface area contributed by atoms with Gasteiger partial charge in [0.1, 0.15) is 11.9 Å². The Kier molecular flexibility index (Phi) is 4.73. The number of nitrogens with two attached hydrogens (primary N) is 1. The molecule has 2 heterocycles. The smallest absolute Gasteiger partial charge is 0.254 e. The zero-order chi connectivity index (χ0) is 18.1. The van der Waals surface area contributed by atoms with Crippen LogP contribution in [0.1, 0.15) is 16.2 Å². The first-order chi connectivity index (χ1) is 11.9. The molecule has 1 aromatic heterocycles. The van der Waals surface area contributed by atoms with Crippen molar-refractivity contribution in [2.75, 3.05) is 33.3 Å². The standard InChI is InChI=1S/C17H23N5O3/c1-11-19-13-9-12(3-4-14(13)21(11)7-8-23)17(25)22-6-5-20(2)10-15(22)16(18)24/h3-4,9,15,23H,5-8,10H2,1-2H3,(H2,18,24). The molecule has 1 unspecified atom stereocenters. The van der Waals surface area contributed by atoms with Gasteiger partial charge in [0.15, 0.2) is 0 Å². The summed E-state index contributed by atoms with van der Waals surface area (Å²) in [6.45, 7) is 3.93. The van der Waals surface area contributed by atoms with Gasteiger partial charge in [0.25, 0.3) is 5.91 Å². The lowest BCUT2D eigenvalue weighted by atomic mass is 10.1. The van der Waals surface area contributed by atoms with Gasteiger partial charge in [-0.1, -0.05) is 0 Å². The summed E-state index contributed by atoms with van der Waals surface area (Å²) >= 11 is 0. The number of rotatable bonds is 4. The summed E-state index contributed by atoms with van der Waals surface area (Å²) in [5.74, 6) is 0.0699. The molecule has 134 valence electrons. The number of aryl methyl sites for hydroxylation is 1.